The Balaban J connectivity index is 1.58. The molecule has 0 spiro atoms. The van der Waals surface area contributed by atoms with Gasteiger partial charge in [0.15, 0.2) is 0 Å². The number of benzene rings is 2. The number of aliphatic hydroxyl groups is 1. The summed E-state index contributed by atoms with van der Waals surface area (Å²) in [4.78, 5) is 6.22. The highest BCUT2D eigenvalue weighted by Gasteiger charge is 2.37. The van der Waals surface area contributed by atoms with Gasteiger partial charge in [-0.05, 0) is 35.8 Å². The molecule has 160 valence electrons. The summed E-state index contributed by atoms with van der Waals surface area (Å²) in [5.41, 5.74) is 1.30. The van der Waals surface area contributed by atoms with Crippen LogP contribution in [0.3, 0.4) is 0 Å². The minimum atomic E-state index is -4.39. The smallest absolute Gasteiger partial charge is 0.395 e. The van der Waals surface area contributed by atoms with Crippen molar-refractivity contribution >= 4 is 17.3 Å². The Bertz CT molecular complexity index is 921. The van der Waals surface area contributed by atoms with Gasteiger partial charge in [-0.1, -0.05) is 42.1 Å². The Kier molecular flexibility index (Phi) is 6.53. The average Bonchev–Trinajstić information content (AvgIpc) is 2.73. The van der Waals surface area contributed by atoms with Crippen molar-refractivity contribution in [3.8, 4) is 0 Å². The Morgan fingerprint density at radius 1 is 0.900 bits per heavy atom. The van der Waals surface area contributed by atoms with Crippen LogP contribution in [0.15, 0.2) is 58.3 Å². The fraction of sp³-hybridized carbons (Fsp3) is 0.391. The minimum Gasteiger partial charge on any atom is -0.395 e. The van der Waals surface area contributed by atoms with Crippen LogP contribution in [0.4, 0.5) is 13.2 Å². The molecule has 2 aliphatic heterocycles. The average molecular weight is 435 g/mol. The zero-order valence-corrected chi connectivity index (χ0v) is 17.5. The molecule has 0 radical (unpaired) electrons. The number of β-amino-alcohol motifs (C(OH)–C–C–N with tert-alkyl or cyclic N) is 1. The first kappa shape index (κ1) is 21.4. The minimum absolute atomic E-state index is 0.171. The molecule has 2 aromatic rings. The third-order valence-electron chi connectivity index (χ3n) is 5.67. The van der Waals surface area contributed by atoms with Crippen molar-refractivity contribution in [1.82, 2.24) is 9.80 Å². The first-order chi connectivity index (χ1) is 14.5. The lowest BCUT2D eigenvalue weighted by Gasteiger charge is -2.34. The van der Waals surface area contributed by atoms with Crippen LogP contribution in [-0.2, 0) is 6.18 Å². The molecular weight excluding hydrogens is 409 g/mol. The summed E-state index contributed by atoms with van der Waals surface area (Å²) in [6.07, 6.45) is -1.72. The molecule has 2 aliphatic rings. The predicted octanol–water partition coefficient (Wildman–Crippen LogP) is 4.60. The van der Waals surface area contributed by atoms with Gasteiger partial charge in [0.1, 0.15) is 0 Å². The number of fused-ring (bicyclic) bond motifs is 2. The summed E-state index contributed by atoms with van der Waals surface area (Å²) < 4.78 is 41.3. The van der Waals surface area contributed by atoms with Crippen molar-refractivity contribution in [2.24, 2.45) is 0 Å². The van der Waals surface area contributed by atoms with Crippen molar-refractivity contribution in [2.75, 3.05) is 45.9 Å². The molecule has 1 N–H and O–H groups in total. The van der Waals surface area contributed by atoms with E-state index in [0.29, 0.717) is 29.0 Å². The van der Waals surface area contributed by atoms with Gasteiger partial charge >= 0.3 is 6.18 Å². The number of nitrogens with zero attached hydrogens (tertiary/aromatic N) is 2. The van der Waals surface area contributed by atoms with Gasteiger partial charge in [0, 0.05) is 54.6 Å². The van der Waals surface area contributed by atoms with E-state index in [-0.39, 0.29) is 6.61 Å². The molecule has 0 aliphatic carbocycles. The lowest BCUT2D eigenvalue weighted by Crippen LogP contribution is -2.47. The van der Waals surface area contributed by atoms with Crippen molar-refractivity contribution in [3.05, 3.63) is 65.2 Å². The fourth-order valence-corrected chi connectivity index (χ4v) is 5.28. The molecule has 0 bridgehead atoms. The maximum absolute atomic E-state index is 13.8. The normalized spacial score (nSPS) is 19.0. The highest BCUT2D eigenvalue weighted by molar-refractivity contribution is 7.99. The van der Waals surface area contributed by atoms with Crippen LogP contribution in [0.25, 0.3) is 5.57 Å². The lowest BCUT2D eigenvalue weighted by atomic mass is 9.92. The van der Waals surface area contributed by atoms with Crippen LogP contribution < -0.4 is 0 Å². The monoisotopic (exact) mass is 434 g/mol. The molecular formula is C23H25F3N2OS. The van der Waals surface area contributed by atoms with Gasteiger partial charge in [-0.25, -0.2) is 0 Å². The first-order valence-corrected chi connectivity index (χ1v) is 11.0. The van der Waals surface area contributed by atoms with E-state index < -0.39 is 11.7 Å². The fourth-order valence-electron chi connectivity index (χ4n) is 4.14. The summed E-state index contributed by atoms with van der Waals surface area (Å²) in [5.74, 6) is 0. The number of rotatable bonds is 5. The van der Waals surface area contributed by atoms with Gasteiger partial charge in [0.05, 0.1) is 12.2 Å². The summed E-state index contributed by atoms with van der Waals surface area (Å²) in [7, 11) is 0. The highest BCUT2D eigenvalue weighted by atomic mass is 32.2. The van der Waals surface area contributed by atoms with Crippen LogP contribution in [0.1, 0.15) is 23.1 Å². The van der Waals surface area contributed by atoms with Crippen molar-refractivity contribution < 1.29 is 18.3 Å². The van der Waals surface area contributed by atoms with Crippen LogP contribution in [0, 0.1) is 0 Å². The van der Waals surface area contributed by atoms with Crippen molar-refractivity contribution in [2.45, 2.75) is 22.4 Å². The molecule has 3 nitrogen and oxygen atoms in total. The van der Waals surface area contributed by atoms with E-state index in [2.05, 4.69) is 9.80 Å². The number of hydrogen-bond donors (Lipinski definition) is 1. The Morgan fingerprint density at radius 3 is 2.27 bits per heavy atom. The quantitative estimate of drug-likeness (QED) is 0.635. The van der Waals surface area contributed by atoms with E-state index in [1.165, 1.54) is 23.9 Å². The molecule has 1 saturated heterocycles. The number of hydrogen-bond acceptors (Lipinski definition) is 4. The molecule has 0 unspecified atom stereocenters. The molecule has 7 heteroatoms. The number of aliphatic hydroxyl groups excluding tert-OH is 1. The molecule has 0 atom stereocenters. The van der Waals surface area contributed by atoms with E-state index in [1.807, 2.05) is 30.3 Å². The van der Waals surface area contributed by atoms with Gasteiger partial charge in [0.2, 0.25) is 0 Å². The number of alkyl halides is 3. The largest absolute Gasteiger partial charge is 0.417 e. The van der Waals surface area contributed by atoms with Gasteiger partial charge in [-0.15, -0.1) is 0 Å². The summed E-state index contributed by atoms with van der Waals surface area (Å²) >= 11 is 1.41. The topological polar surface area (TPSA) is 26.7 Å². The molecule has 30 heavy (non-hydrogen) atoms. The van der Waals surface area contributed by atoms with E-state index in [0.717, 1.165) is 43.2 Å². The van der Waals surface area contributed by atoms with Crippen LogP contribution >= 0.6 is 11.8 Å². The number of halogens is 3. The summed E-state index contributed by atoms with van der Waals surface area (Å²) in [6.45, 7) is 5.35. The maximum Gasteiger partial charge on any atom is 0.417 e. The zero-order chi connectivity index (χ0) is 21.1. The predicted molar refractivity (Wildman–Crippen MR) is 114 cm³/mol. The van der Waals surface area contributed by atoms with Crippen molar-refractivity contribution in [3.63, 3.8) is 0 Å². The van der Waals surface area contributed by atoms with Crippen molar-refractivity contribution in [1.29, 1.82) is 0 Å². The molecule has 1 fully saturated rings. The summed E-state index contributed by atoms with van der Waals surface area (Å²) in [6, 6.07) is 12.1. The van der Waals surface area contributed by atoms with Gasteiger partial charge in [-0.2, -0.15) is 13.2 Å². The van der Waals surface area contributed by atoms with E-state index in [1.54, 1.807) is 6.07 Å². The van der Waals surface area contributed by atoms with Crippen LogP contribution in [0.5, 0.6) is 0 Å². The Morgan fingerprint density at radius 2 is 1.57 bits per heavy atom. The Labute approximate surface area is 179 Å². The van der Waals surface area contributed by atoms with Gasteiger partial charge in [-0.3, -0.25) is 4.90 Å². The van der Waals surface area contributed by atoms with Crippen LogP contribution in [0.2, 0.25) is 0 Å². The van der Waals surface area contributed by atoms with Gasteiger partial charge < -0.3 is 10.0 Å². The molecule has 0 saturated carbocycles. The first-order valence-electron chi connectivity index (χ1n) is 10.2. The molecule has 2 aromatic carbocycles. The third kappa shape index (κ3) is 4.59. The van der Waals surface area contributed by atoms with Gasteiger partial charge in [0.25, 0.3) is 0 Å². The van der Waals surface area contributed by atoms with E-state index >= 15 is 0 Å². The second-order valence-electron chi connectivity index (χ2n) is 7.59. The SMILES string of the molecule is OCCN1CCN(CCC=C2c3ccccc3Sc3cccc(C(F)(F)F)c32)CC1. The van der Waals surface area contributed by atoms with E-state index in [4.69, 9.17) is 5.11 Å². The third-order valence-corrected chi connectivity index (χ3v) is 6.81. The highest BCUT2D eigenvalue weighted by Crippen LogP contribution is 2.49. The van der Waals surface area contributed by atoms with E-state index in [9.17, 15) is 13.2 Å². The standard InChI is InChI=1S/C23H25F3N2OS/c24-23(25,26)19-7-3-9-21-22(19)18(17-5-1-2-8-20(17)30-21)6-4-10-27-11-13-28(14-12-27)15-16-29/h1-3,5-9,29H,4,10-16H2. The molecule has 0 aromatic heterocycles. The maximum atomic E-state index is 13.8. The molecule has 0 amide bonds. The molecule has 2 heterocycles. The zero-order valence-electron chi connectivity index (χ0n) is 16.7. The number of piperazine rings is 1. The molecule has 4 rings (SSSR count). The van der Waals surface area contributed by atoms with Crippen LogP contribution in [-0.4, -0.2) is 60.8 Å². The second kappa shape index (κ2) is 9.14. The second-order valence-corrected chi connectivity index (χ2v) is 8.67. The Hall–Kier alpha value is -1.80. The lowest BCUT2D eigenvalue weighted by molar-refractivity contribution is -0.137. The summed E-state index contributed by atoms with van der Waals surface area (Å²) in [5, 5.41) is 9.07.